The van der Waals surface area contributed by atoms with E-state index in [9.17, 15) is 19.8 Å². The third-order valence-corrected chi connectivity index (χ3v) is 2.86. The van der Waals surface area contributed by atoms with Crippen molar-refractivity contribution in [1.82, 2.24) is 0 Å². The molecule has 0 spiro atoms. The van der Waals surface area contributed by atoms with E-state index in [4.69, 9.17) is 0 Å². The van der Waals surface area contributed by atoms with Gasteiger partial charge in [-0.1, -0.05) is 56.0 Å². The van der Waals surface area contributed by atoms with Gasteiger partial charge in [-0.2, -0.15) is 0 Å². The normalized spacial score (nSPS) is 8.73. The summed E-state index contributed by atoms with van der Waals surface area (Å²) < 4.78 is 0. The summed E-state index contributed by atoms with van der Waals surface area (Å²) in [7, 11) is 0. The maximum atomic E-state index is 11.0. The van der Waals surface area contributed by atoms with Crippen LogP contribution >= 0.6 is 0 Å². The molecule has 0 saturated carbocycles. The molecule has 2 rings (SSSR count). The Hall–Kier alpha value is 0.653. The van der Waals surface area contributed by atoms with Gasteiger partial charge in [0.2, 0.25) is 0 Å². The topological polar surface area (TPSA) is 80.3 Å². The smallest absolute Gasteiger partial charge is 1.00 e. The number of benzene rings is 2. The molecule has 0 radical (unpaired) electrons. The van der Waals surface area contributed by atoms with Gasteiger partial charge in [0.25, 0.3) is 0 Å². The summed E-state index contributed by atoms with van der Waals surface area (Å²) in [5.41, 5.74) is 1.15. The first kappa shape index (κ1) is 24.9. The van der Waals surface area contributed by atoms with Gasteiger partial charge in [0, 0.05) is 11.1 Å². The van der Waals surface area contributed by atoms with E-state index in [2.05, 4.69) is 0 Å². The standard InChI is InChI=1S/C15H12O4.CH4.2K.H/c16-14(17)12-7-3-1-5-10(12)9-11-6-2-4-8-13(11)15(18)19;;;;/h1-8H,9H2,(H,16,17)(H,18,19);1H4;;;/q;;2*+1;-1/p-2. The summed E-state index contributed by atoms with van der Waals surface area (Å²) in [4.78, 5) is 22.0. The second-order valence-corrected chi connectivity index (χ2v) is 4.07. The van der Waals surface area contributed by atoms with Crippen LogP contribution in [0.3, 0.4) is 0 Å². The van der Waals surface area contributed by atoms with E-state index in [1.54, 1.807) is 36.4 Å². The quantitative estimate of drug-likeness (QED) is 0.517. The first-order valence-corrected chi connectivity index (χ1v) is 5.68. The molecule has 0 aliphatic carbocycles. The summed E-state index contributed by atoms with van der Waals surface area (Å²) in [6, 6.07) is 12.7. The zero-order valence-corrected chi connectivity index (χ0v) is 18.2. The fraction of sp³-hybridized carbons (Fsp3) is 0.125. The molecule has 0 aromatic heterocycles. The van der Waals surface area contributed by atoms with Crippen molar-refractivity contribution in [1.29, 1.82) is 0 Å². The number of carboxylic acids is 2. The Labute approximate surface area is 216 Å². The van der Waals surface area contributed by atoms with Gasteiger partial charge in [-0.25, -0.2) is 0 Å². The molecule has 106 valence electrons. The molecule has 0 bridgehead atoms. The zero-order valence-electron chi connectivity index (χ0n) is 13.0. The van der Waals surface area contributed by atoms with E-state index in [0.717, 1.165) is 0 Å². The molecule has 0 unspecified atom stereocenters. The van der Waals surface area contributed by atoms with Gasteiger partial charge in [-0.15, -0.1) is 0 Å². The zero-order chi connectivity index (χ0) is 13.8. The molecule has 6 heteroatoms. The van der Waals surface area contributed by atoms with Crippen molar-refractivity contribution in [2.75, 3.05) is 0 Å². The monoisotopic (exact) mass is 349 g/mol. The Kier molecular flexibility index (Phi) is 13.7. The fourth-order valence-corrected chi connectivity index (χ4v) is 1.95. The Morgan fingerprint density at radius 2 is 1.09 bits per heavy atom. The average molecular weight is 349 g/mol. The number of carbonyl (C=O) groups excluding carboxylic acids is 2. The van der Waals surface area contributed by atoms with Gasteiger partial charge in [0.15, 0.2) is 0 Å². The molecule has 22 heavy (non-hydrogen) atoms. The van der Waals surface area contributed by atoms with Crippen molar-refractivity contribution < 1.29 is 124 Å². The molecular formula is C16H15K2O4-. The molecule has 0 atom stereocenters. The van der Waals surface area contributed by atoms with Crippen LogP contribution in [-0.4, -0.2) is 11.9 Å². The van der Waals surface area contributed by atoms with Crippen LogP contribution in [0.5, 0.6) is 0 Å². The van der Waals surface area contributed by atoms with Crippen LogP contribution in [0.25, 0.3) is 0 Å². The van der Waals surface area contributed by atoms with E-state index < -0.39 is 11.9 Å². The van der Waals surface area contributed by atoms with E-state index in [0.29, 0.717) is 11.1 Å². The number of hydrogen-bond donors (Lipinski definition) is 0. The van der Waals surface area contributed by atoms with E-state index in [-0.39, 0.29) is 129 Å². The Morgan fingerprint density at radius 3 is 1.41 bits per heavy atom. The van der Waals surface area contributed by atoms with Gasteiger partial charge < -0.3 is 21.2 Å². The molecule has 0 N–H and O–H groups in total. The third-order valence-electron chi connectivity index (χ3n) is 2.86. The molecule has 2 aromatic rings. The van der Waals surface area contributed by atoms with E-state index in [1.165, 1.54) is 12.1 Å². The van der Waals surface area contributed by atoms with Gasteiger partial charge in [0.05, 0.1) is 11.9 Å². The van der Waals surface area contributed by atoms with Crippen LogP contribution in [0.1, 0.15) is 40.7 Å². The van der Waals surface area contributed by atoms with Crippen molar-refractivity contribution >= 4 is 11.9 Å². The number of rotatable bonds is 4. The predicted molar refractivity (Wildman–Crippen MR) is 72.2 cm³/mol. The molecule has 0 amide bonds. The van der Waals surface area contributed by atoms with Crippen LogP contribution in [0, 0.1) is 0 Å². The summed E-state index contributed by atoms with van der Waals surface area (Å²) >= 11 is 0. The van der Waals surface area contributed by atoms with Crippen LogP contribution in [0.2, 0.25) is 0 Å². The summed E-state index contributed by atoms with van der Waals surface area (Å²) in [5.74, 6) is -2.55. The molecule has 2 aromatic carbocycles. The number of carboxylic acid groups (broad SMARTS) is 2. The van der Waals surface area contributed by atoms with Crippen LogP contribution < -0.4 is 113 Å². The molecule has 4 nitrogen and oxygen atoms in total. The van der Waals surface area contributed by atoms with E-state index >= 15 is 0 Å². The Bertz CT molecular complexity index is 592. The maximum Gasteiger partial charge on any atom is 1.00 e. The minimum atomic E-state index is -1.28. The van der Waals surface area contributed by atoms with Crippen molar-refractivity contribution in [3.8, 4) is 0 Å². The summed E-state index contributed by atoms with van der Waals surface area (Å²) in [6.07, 6.45) is 0.203. The van der Waals surface area contributed by atoms with Crippen molar-refractivity contribution in [2.24, 2.45) is 0 Å². The van der Waals surface area contributed by atoms with Crippen molar-refractivity contribution in [3.05, 3.63) is 70.8 Å². The second-order valence-electron chi connectivity index (χ2n) is 4.07. The molecule has 0 fully saturated rings. The van der Waals surface area contributed by atoms with Crippen LogP contribution in [-0.2, 0) is 6.42 Å². The first-order chi connectivity index (χ1) is 9.09. The first-order valence-electron chi connectivity index (χ1n) is 5.68. The fourth-order valence-electron chi connectivity index (χ4n) is 1.95. The maximum absolute atomic E-state index is 11.0. The summed E-state index contributed by atoms with van der Waals surface area (Å²) in [6.45, 7) is 0. The third kappa shape index (κ3) is 6.64. The van der Waals surface area contributed by atoms with Crippen LogP contribution in [0.15, 0.2) is 48.5 Å². The molecule has 0 heterocycles. The van der Waals surface area contributed by atoms with E-state index in [1.807, 2.05) is 0 Å². The average Bonchev–Trinajstić information content (AvgIpc) is 2.39. The Balaban J connectivity index is -0.000001000. The summed E-state index contributed by atoms with van der Waals surface area (Å²) in [5, 5.41) is 22.0. The second kappa shape index (κ2) is 12.1. The minimum absolute atomic E-state index is 0. The van der Waals surface area contributed by atoms with Gasteiger partial charge in [0.1, 0.15) is 0 Å². The SMILES string of the molecule is C.O=C([O-])c1ccccc1Cc1ccccc1C(=O)[O-].[H-].[K+].[K+]. The number of hydrogen-bond acceptors (Lipinski definition) is 4. The minimum Gasteiger partial charge on any atom is -1.00 e. The number of carbonyl (C=O) groups is 2. The molecule has 0 aliphatic heterocycles. The predicted octanol–water partition coefficient (Wildman–Crippen LogP) is -5.24. The van der Waals surface area contributed by atoms with Crippen molar-refractivity contribution in [2.45, 2.75) is 13.8 Å². The molecule has 0 saturated heterocycles. The van der Waals surface area contributed by atoms with Crippen molar-refractivity contribution in [3.63, 3.8) is 0 Å². The van der Waals surface area contributed by atoms with Crippen LogP contribution in [0.4, 0.5) is 0 Å². The number of aromatic carboxylic acids is 2. The largest absolute Gasteiger partial charge is 1.00 e. The van der Waals surface area contributed by atoms with Gasteiger partial charge in [-0.3, -0.25) is 0 Å². The Morgan fingerprint density at radius 1 is 0.773 bits per heavy atom. The molecule has 0 aliphatic rings. The molecular weight excluding hydrogens is 334 g/mol. The van der Waals surface area contributed by atoms with Gasteiger partial charge >= 0.3 is 103 Å². The van der Waals surface area contributed by atoms with Gasteiger partial charge in [-0.05, 0) is 17.5 Å².